The number of nitrogens with one attached hydrogen (secondary N) is 1. The summed E-state index contributed by atoms with van der Waals surface area (Å²) in [6.07, 6.45) is 12.0. The van der Waals surface area contributed by atoms with Crippen LogP contribution in [-0.4, -0.2) is 23.5 Å². The lowest BCUT2D eigenvalue weighted by Gasteiger charge is -2.50. The summed E-state index contributed by atoms with van der Waals surface area (Å²) in [7, 11) is 2.07. The van der Waals surface area contributed by atoms with Gasteiger partial charge in [-0.1, -0.05) is 64.5 Å². The topological polar surface area (TPSA) is 28.2 Å². The molecule has 2 atom stereocenters. The van der Waals surface area contributed by atoms with Crippen LogP contribution < -0.4 is 5.32 Å². The molecule has 1 aromatic rings. The molecule has 0 fully saturated rings. The van der Waals surface area contributed by atoms with Crippen LogP contribution in [0.5, 0.6) is 0 Å². The van der Waals surface area contributed by atoms with Crippen molar-refractivity contribution in [1.29, 1.82) is 0 Å². The molecule has 0 bridgehead atoms. The molecule has 0 radical (unpaired) electrons. The monoisotopic (exact) mass is 367 g/mol. The van der Waals surface area contributed by atoms with E-state index in [1.165, 1.54) is 11.1 Å². The number of rotatable bonds is 6. The van der Waals surface area contributed by atoms with Gasteiger partial charge in [-0.15, -0.1) is 0 Å². The highest BCUT2D eigenvalue weighted by Crippen LogP contribution is 2.41. The Labute approximate surface area is 166 Å². The summed E-state index contributed by atoms with van der Waals surface area (Å²) < 4.78 is 0. The molecule has 2 heterocycles. The van der Waals surface area contributed by atoms with Crippen molar-refractivity contribution in [3.05, 3.63) is 59.1 Å². The Kier molecular flexibility index (Phi) is 6.69. The molecular formula is C24H37N3. The maximum absolute atomic E-state index is 5.02. The molecule has 0 saturated heterocycles. The van der Waals surface area contributed by atoms with Gasteiger partial charge in [-0.05, 0) is 45.4 Å². The Morgan fingerprint density at radius 2 is 2.04 bits per heavy atom. The summed E-state index contributed by atoms with van der Waals surface area (Å²) in [6, 6.07) is 4.48. The lowest BCUT2D eigenvalue weighted by molar-refractivity contribution is 0.0539. The van der Waals surface area contributed by atoms with E-state index in [4.69, 9.17) is 4.98 Å². The van der Waals surface area contributed by atoms with Crippen LogP contribution in [0, 0.1) is 5.92 Å². The fraction of sp³-hybridized carbons (Fsp3) is 0.542. The van der Waals surface area contributed by atoms with E-state index in [1.54, 1.807) is 0 Å². The van der Waals surface area contributed by atoms with Crippen molar-refractivity contribution in [2.24, 2.45) is 5.92 Å². The maximum Gasteiger partial charge on any atom is 0.121 e. The first kappa shape index (κ1) is 21.4. The van der Waals surface area contributed by atoms with Gasteiger partial charge in [0.1, 0.15) is 5.66 Å². The molecule has 3 nitrogen and oxygen atoms in total. The Bertz CT molecular complexity index is 736. The smallest absolute Gasteiger partial charge is 0.121 e. The van der Waals surface area contributed by atoms with Gasteiger partial charge >= 0.3 is 0 Å². The normalized spacial score (nSPS) is 21.6. The molecule has 3 heteroatoms. The number of fused-ring (bicyclic) bond motifs is 1. The van der Waals surface area contributed by atoms with E-state index in [2.05, 4.69) is 108 Å². The zero-order valence-electron chi connectivity index (χ0n) is 18.4. The van der Waals surface area contributed by atoms with Gasteiger partial charge in [0, 0.05) is 29.4 Å². The van der Waals surface area contributed by atoms with Gasteiger partial charge < -0.3 is 4.90 Å². The minimum atomic E-state index is -0.255. The highest BCUT2D eigenvalue weighted by atomic mass is 15.3. The fourth-order valence-electron chi connectivity index (χ4n) is 3.92. The van der Waals surface area contributed by atoms with Crippen molar-refractivity contribution in [2.45, 2.75) is 66.0 Å². The van der Waals surface area contributed by atoms with Gasteiger partial charge in [0.15, 0.2) is 0 Å². The van der Waals surface area contributed by atoms with Gasteiger partial charge in [-0.2, -0.15) is 0 Å². The van der Waals surface area contributed by atoms with Crippen LogP contribution in [0.1, 0.15) is 71.8 Å². The molecule has 2 rings (SSSR count). The predicted octanol–water partition coefficient (Wildman–Crippen LogP) is 5.61. The Balaban J connectivity index is 2.56. The molecule has 0 aromatic carbocycles. The number of nitrogens with zero attached hydrogens (tertiary/aromatic N) is 2. The molecule has 148 valence electrons. The zero-order chi connectivity index (χ0) is 20.2. The Hall–Kier alpha value is -1.87. The van der Waals surface area contributed by atoms with Crippen molar-refractivity contribution in [3.8, 4) is 0 Å². The lowest BCUT2D eigenvalue weighted by Crippen LogP contribution is -2.58. The second kappa shape index (κ2) is 8.43. The van der Waals surface area contributed by atoms with Crippen LogP contribution in [0.15, 0.2) is 42.1 Å². The van der Waals surface area contributed by atoms with Gasteiger partial charge in [0.05, 0.1) is 5.69 Å². The van der Waals surface area contributed by atoms with Crippen molar-refractivity contribution in [2.75, 3.05) is 13.6 Å². The van der Waals surface area contributed by atoms with Gasteiger partial charge in [0.25, 0.3) is 0 Å². The standard InChI is InChI=1S/C24H37N3/c1-9-11-18(3)14-16-27-17-15-21-20(24(27,25-8)19(4)10-2)12-13-22(26-21)23(5,6)7/h9,11-15,17,19,25H,10,16H2,1-8H3/b11-9-,18-14-. The molecule has 27 heavy (non-hydrogen) atoms. The van der Waals surface area contributed by atoms with E-state index < -0.39 is 0 Å². The summed E-state index contributed by atoms with van der Waals surface area (Å²) in [5.41, 5.74) is 4.57. The largest absolute Gasteiger partial charge is 0.352 e. The van der Waals surface area contributed by atoms with E-state index in [-0.39, 0.29) is 11.1 Å². The highest BCUT2D eigenvalue weighted by Gasteiger charge is 2.43. The van der Waals surface area contributed by atoms with Gasteiger partial charge in [-0.25, -0.2) is 0 Å². The Morgan fingerprint density at radius 3 is 2.59 bits per heavy atom. The van der Waals surface area contributed by atoms with Crippen LogP contribution in [0.25, 0.3) is 6.08 Å². The van der Waals surface area contributed by atoms with Crippen LogP contribution in [-0.2, 0) is 11.1 Å². The zero-order valence-corrected chi connectivity index (χ0v) is 18.4. The number of hydrogen-bond donors (Lipinski definition) is 1. The minimum Gasteiger partial charge on any atom is -0.352 e. The second-order valence-electron chi connectivity index (χ2n) is 8.62. The van der Waals surface area contributed by atoms with Crippen molar-refractivity contribution >= 4 is 6.08 Å². The quantitative estimate of drug-likeness (QED) is 0.663. The van der Waals surface area contributed by atoms with E-state index in [9.17, 15) is 0 Å². The predicted molar refractivity (Wildman–Crippen MR) is 117 cm³/mol. The number of hydrogen-bond acceptors (Lipinski definition) is 3. The van der Waals surface area contributed by atoms with Crippen LogP contribution in [0.3, 0.4) is 0 Å². The molecule has 1 N–H and O–H groups in total. The number of aromatic nitrogens is 1. The summed E-state index contributed by atoms with van der Waals surface area (Å²) in [6.45, 7) is 16.3. The first-order valence-corrected chi connectivity index (χ1v) is 10.2. The van der Waals surface area contributed by atoms with Crippen LogP contribution >= 0.6 is 0 Å². The molecule has 0 saturated carbocycles. The van der Waals surface area contributed by atoms with Crippen molar-refractivity contribution < 1.29 is 0 Å². The molecular weight excluding hydrogens is 330 g/mol. The SMILES string of the molecule is C/C=C\C(C)=C/CN1C=Cc2nc(C(C)(C)C)ccc2C1(NC)C(C)CC. The minimum absolute atomic E-state index is 0.0466. The van der Waals surface area contributed by atoms with Crippen molar-refractivity contribution in [1.82, 2.24) is 15.2 Å². The maximum atomic E-state index is 5.02. The number of allylic oxidation sites excluding steroid dienone is 3. The average Bonchev–Trinajstić information content (AvgIpc) is 2.64. The van der Waals surface area contributed by atoms with E-state index in [0.717, 1.165) is 24.4 Å². The third-order valence-electron chi connectivity index (χ3n) is 5.72. The molecule has 1 aliphatic rings. The molecule has 1 aliphatic heterocycles. The van der Waals surface area contributed by atoms with Crippen LogP contribution in [0.4, 0.5) is 0 Å². The Morgan fingerprint density at radius 1 is 1.33 bits per heavy atom. The number of pyridine rings is 1. The van der Waals surface area contributed by atoms with Crippen molar-refractivity contribution in [3.63, 3.8) is 0 Å². The summed E-state index contributed by atoms with van der Waals surface area (Å²) in [5.74, 6) is 0.434. The molecule has 2 unspecified atom stereocenters. The van der Waals surface area contributed by atoms with E-state index >= 15 is 0 Å². The molecule has 0 spiro atoms. The van der Waals surface area contributed by atoms with Gasteiger partial charge in [-0.3, -0.25) is 10.3 Å². The molecule has 0 aliphatic carbocycles. The first-order valence-electron chi connectivity index (χ1n) is 10.2. The first-order chi connectivity index (χ1) is 12.7. The summed E-state index contributed by atoms with van der Waals surface area (Å²) >= 11 is 0. The van der Waals surface area contributed by atoms with E-state index in [0.29, 0.717) is 5.92 Å². The second-order valence-corrected chi connectivity index (χ2v) is 8.62. The summed E-state index contributed by atoms with van der Waals surface area (Å²) in [5, 5.41) is 3.68. The average molecular weight is 368 g/mol. The summed E-state index contributed by atoms with van der Waals surface area (Å²) in [4.78, 5) is 7.45. The highest BCUT2D eigenvalue weighted by molar-refractivity contribution is 5.56. The fourth-order valence-corrected chi connectivity index (χ4v) is 3.92. The van der Waals surface area contributed by atoms with Gasteiger partial charge in [0.2, 0.25) is 0 Å². The third kappa shape index (κ3) is 4.19. The lowest BCUT2D eigenvalue weighted by atomic mass is 9.80. The molecule has 1 aromatic heterocycles. The van der Waals surface area contributed by atoms with E-state index in [1.807, 2.05) is 0 Å². The molecule has 0 amide bonds. The third-order valence-corrected chi connectivity index (χ3v) is 5.72. The van der Waals surface area contributed by atoms with Crippen LogP contribution in [0.2, 0.25) is 0 Å².